The largest absolute Gasteiger partial charge is 0.457 e. The zero-order valence-corrected chi connectivity index (χ0v) is 39.9. The molecule has 1 unspecified atom stereocenters. The molecule has 6 heterocycles. The Kier molecular flexibility index (Phi) is 16.0. The van der Waals surface area contributed by atoms with Crippen LogP contribution in [0.5, 0.6) is 11.5 Å². The minimum atomic E-state index is -0.990. The van der Waals surface area contributed by atoms with Crippen molar-refractivity contribution in [1.82, 2.24) is 39.9 Å². The normalized spacial score (nSPS) is 17.9. The van der Waals surface area contributed by atoms with Crippen LogP contribution in [0.15, 0.2) is 79.0 Å². The zero-order chi connectivity index (χ0) is 50.0. The molecule has 5 aromatic rings. The molecule has 378 valence electrons. The van der Waals surface area contributed by atoms with E-state index >= 15 is 0 Å². The van der Waals surface area contributed by atoms with Crippen LogP contribution in [0.3, 0.4) is 0 Å². The van der Waals surface area contributed by atoms with Gasteiger partial charge in [0.25, 0.3) is 23.6 Å². The Morgan fingerprint density at radius 3 is 2.14 bits per heavy atom. The lowest BCUT2D eigenvalue weighted by Gasteiger charge is -2.38. The van der Waals surface area contributed by atoms with E-state index < -0.39 is 35.6 Å². The van der Waals surface area contributed by atoms with E-state index in [1.54, 1.807) is 29.1 Å². The van der Waals surface area contributed by atoms with Crippen LogP contribution in [0.4, 0.5) is 5.82 Å². The van der Waals surface area contributed by atoms with E-state index in [9.17, 15) is 28.8 Å². The summed E-state index contributed by atoms with van der Waals surface area (Å²) < 4.78 is 32.1. The quantitative estimate of drug-likeness (QED) is 0.0617. The summed E-state index contributed by atoms with van der Waals surface area (Å²) in [7, 11) is 0. The summed E-state index contributed by atoms with van der Waals surface area (Å²) in [5.41, 5.74) is 9.28. The minimum Gasteiger partial charge on any atom is -0.457 e. The maximum absolute atomic E-state index is 13.5. The Bertz CT molecular complexity index is 2750. The van der Waals surface area contributed by atoms with E-state index in [-0.39, 0.29) is 47.5 Å². The molecular weight excluding hydrogens is 929 g/mol. The number of imide groups is 2. The molecule has 21 nitrogen and oxygen atoms in total. The number of benzene rings is 3. The van der Waals surface area contributed by atoms with E-state index in [0.29, 0.717) is 115 Å². The van der Waals surface area contributed by atoms with Crippen molar-refractivity contribution in [2.24, 2.45) is 11.7 Å². The number of nitrogens with one attached hydrogen (secondary N) is 2. The third kappa shape index (κ3) is 11.5. The number of hydrogen-bond acceptors (Lipinski definition) is 15. The molecule has 2 atom stereocenters. The third-order valence-electron chi connectivity index (χ3n) is 13.3. The van der Waals surface area contributed by atoms with E-state index in [1.165, 1.54) is 0 Å². The number of primary amides is 1. The molecule has 0 bridgehead atoms. The minimum absolute atomic E-state index is 0.0305. The molecule has 2 aromatic heterocycles. The second-order valence-electron chi connectivity index (χ2n) is 18.0. The lowest BCUT2D eigenvalue weighted by molar-refractivity contribution is -0.136. The Hall–Kier alpha value is -7.33. The second kappa shape index (κ2) is 23.3. The molecule has 0 aliphatic carbocycles. The highest BCUT2D eigenvalue weighted by atomic mass is 16.6. The Balaban J connectivity index is 0.616. The summed E-state index contributed by atoms with van der Waals surface area (Å²) in [5.74, 6) is -0.553. The van der Waals surface area contributed by atoms with Crippen molar-refractivity contribution < 1.29 is 52.5 Å². The SMILES string of the molecule is NC(=O)c1c(-c2ccc(Oc3ccccc3)cc2)nn2c1NCC[C@H]2C1CCN(C(=O)c2cn(CCOCCOCCOCCOCCCc3ccc4c(c3)C(=O)N(C3CCC(=O)NC3=O)C4=O)nn2)CC1. The van der Waals surface area contributed by atoms with Crippen molar-refractivity contribution in [3.8, 4) is 22.8 Å². The van der Waals surface area contributed by atoms with Crippen molar-refractivity contribution in [3.05, 3.63) is 107 Å². The molecule has 4 aliphatic rings. The van der Waals surface area contributed by atoms with Gasteiger partial charge in [-0.1, -0.05) is 29.5 Å². The van der Waals surface area contributed by atoms with Crippen LogP contribution >= 0.6 is 0 Å². The van der Waals surface area contributed by atoms with E-state index in [0.717, 1.165) is 41.0 Å². The molecule has 0 radical (unpaired) electrons. The number of anilines is 1. The predicted molar refractivity (Wildman–Crippen MR) is 258 cm³/mol. The number of aromatic nitrogens is 5. The van der Waals surface area contributed by atoms with Gasteiger partial charge in [-0.05, 0) is 98.5 Å². The number of likely N-dealkylation sites (tertiary alicyclic amines) is 1. The summed E-state index contributed by atoms with van der Waals surface area (Å²) in [6, 6.07) is 21.1. The fourth-order valence-corrected chi connectivity index (χ4v) is 9.61. The van der Waals surface area contributed by atoms with Gasteiger partial charge in [0.1, 0.15) is 34.6 Å². The Morgan fingerprint density at radius 2 is 1.43 bits per heavy atom. The average molecular weight is 987 g/mol. The van der Waals surface area contributed by atoms with Crippen LogP contribution in [0.25, 0.3) is 11.3 Å². The van der Waals surface area contributed by atoms with Crippen LogP contribution in [0.2, 0.25) is 0 Å². The van der Waals surface area contributed by atoms with Gasteiger partial charge in [-0.3, -0.25) is 39.0 Å². The van der Waals surface area contributed by atoms with Crippen molar-refractivity contribution in [3.63, 3.8) is 0 Å². The van der Waals surface area contributed by atoms with Gasteiger partial charge >= 0.3 is 0 Å². The van der Waals surface area contributed by atoms with Gasteiger partial charge < -0.3 is 39.6 Å². The first-order chi connectivity index (χ1) is 35.1. The topological polar surface area (TPSA) is 254 Å². The molecular formula is C51H58N10O11. The summed E-state index contributed by atoms with van der Waals surface area (Å²) in [5, 5.41) is 18.8. The van der Waals surface area contributed by atoms with Crippen LogP contribution < -0.4 is 21.1 Å². The number of nitrogens with zero attached hydrogens (tertiary/aromatic N) is 7. The van der Waals surface area contributed by atoms with Crippen LogP contribution in [0.1, 0.15) is 91.7 Å². The number of ether oxygens (including phenoxy) is 5. The number of aryl methyl sites for hydroxylation is 1. The third-order valence-corrected chi connectivity index (χ3v) is 13.3. The first kappa shape index (κ1) is 49.6. The van der Waals surface area contributed by atoms with Gasteiger partial charge in [-0.25, -0.2) is 9.36 Å². The van der Waals surface area contributed by atoms with Crippen LogP contribution in [-0.2, 0) is 41.5 Å². The number of carbonyl (C=O) groups is 6. The van der Waals surface area contributed by atoms with Crippen molar-refractivity contribution in [2.75, 3.05) is 77.8 Å². The highest BCUT2D eigenvalue weighted by molar-refractivity contribution is 6.23. The smallest absolute Gasteiger partial charge is 0.276 e. The molecule has 2 fully saturated rings. The zero-order valence-electron chi connectivity index (χ0n) is 39.9. The van der Waals surface area contributed by atoms with Gasteiger partial charge in [-0.2, -0.15) is 5.10 Å². The maximum atomic E-state index is 13.5. The summed E-state index contributed by atoms with van der Waals surface area (Å²) in [6.07, 6.45) is 5.52. The van der Waals surface area contributed by atoms with Crippen molar-refractivity contribution in [1.29, 1.82) is 0 Å². The fourth-order valence-electron chi connectivity index (χ4n) is 9.61. The van der Waals surface area contributed by atoms with Crippen molar-refractivity contribution in [2.45, 2.75) is 63.6 Å². The van der Waals surface area contributed by atoms with E-state index in [1.807, 2.05) is 64.2 Å². The Morgan fingerprint density at radius 1 is 0.750 bits per heavy atom. The lowest BCUT2D eigenvalue weighted by Crippen LogP contribution is -2.54. The monoisotopic (exact) mass is 986 g/mol. The number of rotatable bonds is 23. The number of fused-ring (bicyclic) bond motifs is 2. The molecule has 0 saturated carbocycles. The standard InChI is InChI=1S/C51H58N10O11/c52-46(63)44-45(35-9-11-37(12-10-35)72-36-6-2-1-3-7-36)56-61-41(16-19-53-47(44)61)34-17-20-58(21-18-34)51(67)40-32-59(57-55-40)22-24-69-26-28-71-30-29-70-27-25-68-23-4-5-33-8-13-38-39(31-33)50(66)60(49(38)65)42-14-15-43(62)54-48(42)64/h1-3,6-13,31-32,34,41-42,53H,4-5,14-30H2,(H2,52,63)(H,54,62,64)/t41-,42?/m0/s1. The van der Waals surface area contributed by atoms with Gasteiger partial charge in [0.15, 0.2) is 5.69 Å². The lowest BCUT2D eigenvalue weighted by atomic mass is 9.86. The maximum Gasteiger partial charge on any atom is 0.276 e. The number of carbonyl (C=O) groups excluding carboxylic acids is 6. The number of hydrogen-bond donors (Lipinski definition) is 3. The molecule has 21 heteroatoms. The highest BCUT2D eigenvalue weighted by Gasteiger charge is 2.45. The van der Waals surface area contributed by atoms with E-state index in [2.05, 4.69) is 20.9 Å². The summed E-state index contributed by atoms with van der Waals surface area (Å²) >= 11 is 0. The first-order valence-electron chi connectivity index (χ1n) is 24.5. The van der Waals surface area contributed by atoms with Crippen LogP contribution in [-0.4, -0.2) is 149 Å². The summed E-state index contributed by atoms with van der Waals surface area (Å²) in [6.45, 7) is 5.46. The molecule has 9 rings (SSSR count). The number of piperidine rings is 2. The summed E-state index contributed by atoms with van der Waals surface area (Å²) in [4.78, 5) is 78.9. The van der Waals surface area contributed by atoms with Crippen LogP contribution in [0, 0.1) is 5.92 Å². The fraction of sp³-hybridized carbons (Fsp3) is 0.431. The number of nitrogens with two attached hydrogens (primary N) is 1. The number of para-hydroxylation sites is 1. The first-order valence-corrected chi connectivity index (χ1v) is 24.5. The van der Waals surface area contributed by atoms with Gasteiger partial charge in [0.05, 0.1) is 76.2 Å². The van der Waals surface area contributed by atoms with E-state index in [4.69, 9.17) is 34.5 Å². The molecule has 3 aromatic carbocycles. The molecule has 6 amide bonds. The van der Waals surface area contributed by atoms with Gasteiger partial charge in [0, 0.05) is 38.2 Å². The van der Waals surface area contributed by atoms with Gasteiger partial charge in [0.2, 0.25) is 11.8 Å². The second-order valence-corrected chi connectivity index (χ2v) is 18.0. The Labute approximate surface area is 415 Å². The van der Waals surface area contributed by atoms with Gasteiger partial charge in [-0.15, -0.1) is 5.10 Å². The molecule has 4 aliphatic heterocycles. The average Bonchev–Trinajstić information content (AvgIpc) is 4.10. The van der Waals surface area contributed by atoms with Crippen molar-refractivity contribution >= 4 is 41.3 Å². The molecule has 2 saturated heterocycles. The number of amides is 6. The molecule has 72 heavy (non-hydrogen) atoms. The molecule has 4 N–H and O–H groups in total. The highest BCUT2D eigenvalue weighted by Crippen LogP contribution is 2.40. The predicted octanol–water partition coefficient (Wildman–Crippen LogP) is 4.04. The molecule has 0 spiro atoms.